The summed E-state index contributed by atoms with van der Waals surface area (Å²) in [5.74, 6) is 3.35. The third-order valence-corrected chi connectivity index (χ3v) is 3.61. The average Bonchev–Trinajstić information content (AvgIpc) is 2.67. The van der Waals surface area contributed by atoms with Gasteiger partial charge < -0.3 is 0 Å². The van der Waals surface area contributed by atoms with E-state index in [1.807, 2.05) is 0 Å². The molecule has 0 spiro atoms. The zero-order chi connectivity index (χ0) is 7.68. The summed E-state index contributed by atoms with van der Waals surface area (Å²) in [5, 5.41) is 0. The molecule has 0 bridgehead atoms. The van der Waals surface area contributed by atoms with Crippen LogP contribution in [-0.4, -0.2) is 0 Å². The van der Waals surface area contributed by atoms with Crippen molar-refractivity contribution in [3.63, 3.8) is 0 Å². The largest absolute Gasteiger partial charge is 0.0625 e. The summed E-state index contributed by atoms with van der Waals surface area (Å²) >= 11 is 0. The van der Waals surface area contributed by atoms with E-state index in [1.54, 1.807) is 19.3 Å². The molecule has 0 radical (unpaired) electrons. The molecule has 0 saturated heterocycles. The van der Waals surface area contributed by atoms with Gasteiger partial charge in [-0.3, -0.25) is 0 Å². The monoisotopic (exact) mass is 152 g/mol. The summed E-state index contributed by atoms with van der Waals surface area (Å²) in [6.07, 6.45) is 10.7. The molecule has 0 heterocycles. The number of fused-ring (bicyclic) bond motifs is 1. The van der Waals surface area contributed by atoms with Crippen LogP contribution in [0.4, 0.5) is 0 Å². The molecule has 2 unspecified atom stereocenters. The molecule has 2 fully saturated rings. The zero-order valence-corrected chi connectivity index (χ0v) is 7.68. The lowest BCUT2D eigenvalue weighted by atomic mass is 9.98. The molecule has 2 aliphatic carbocycles. The van der Waals surface area contributed by atoms with Crippen LogP contribution < -0.4 is 0 Å². The first-order chi connectivity index (χ1) is 5.36. The molecule has 2 aliphatic rings. The van der Waals surface area contributed by atoms with Gasteiger partial charge in [-0.15, -0.1) is 0 Å². The van der Waals surface area contributed by atoms with E-state index in [0.29, 0.717) is 0 Å². The lowest BCUT2D eigenvalue weighted by molar-refractivity contribution is 0.453. The second kappa shape index (κ2) is 3.16. The van der Waals surface area contributed by atoms with Crippen molar-refractivity contribution in [2.75, 3.05) is 0 Å². The molecule has 64 valence electrons. The maximum absolute atomic E-state index is 2.43. The van der Waals surface area contributed by atoms with Gasteiger partial charge in [-0.1, -0.05) is 45.4 Å². The minimum atomic E-state index is 1.02. The molecule has 11 heavy (non-hydrogen) atoms. The number of rotatable bonds is 0. The Morgan fingerprint density at radius 1 is 0.818 bits per heavy atom. The Hall–Kier alpha value is 0. The normalized spacial score (nSPS) is 45.0. The Balaban J connectivity index is 1.80. The Morgan fingerprint density at radius 3 is 1.91 bits per heavy atom. The van der Waals surface area contributed by atoms with Gasteiger partial charge in [0.2, 0.25) is 0 Å². The molecule has 0 aromatic carbocycles. The molecular formula is C11H20. The van der Waals surface area contributed by atoms with Crippen LogP contribution in [0.15, 0.2) is 0 Å². The van der Waals surface area contributed by atoms with Gasteiger partial charge >= 0.3 is 0 Å². The quantitative estimate of drug-likeness (QED) is 0.497. The highest BCUT2D eigenvalue weighted by Crippen LogP contribution is 2.47. The van der Waals surface area contributed by atoms with E-state index in [1.165, 1.54) is 37.5 Å². The van der Waals surface area contributed by atoms with E-state index >= 15 is 0 Å². The van der Waals surface area contributed by atoms with Gasteiger partial charge in [-0.25, -0.2) is 0 Å². The fraction of sp³-hybridized carbons (Fsp3) is 1.00. The van der Waals surface area contributed by atoms with Crippen molar-refractivity contribution in [1.82, 2.24) is 0 Å². The van der Waals surface area contributed by atoms with Crippen molar-refractivity contribution in [1.29, 1.82) is 0 Å². The molecule has 0 nitrogen and oxygen atoms in total. The highest BCUT2D eigenvalue weighted by Gasteiger charge is 2.35. The summed E-state index contributed by atoms with van der Waals surface area (Å²) in [4.78, 5) is 0. The molecule has 2 rings (SSSR count). The van der Waals surface area contributed by atoms with Crippen molar-refractivity contribution in [3.8, 4) is 0 Å². The van der Waals surface area contributed by atoms with E-state index < -0.39 is 0 Å². The third kappa shape index (κ3) is 1.98. The third-order valence-electron chi connectivity index (χ3n) is 3.61. The second-order valence-electron chi connectivity index (χ2n) is 4.72. The van der Waals surface area contributed by atoms with E-state index in [0.717, 1.165) is 5.92 Å². The van der Waals surface area contributed by atoms with Crippen molar-refractivity contribution in [3.05, 3.63) is 0 Å². The predicted octanol–water partition coefficient (Wildman–Crippen LogP) is 3.61. The van der Waals surface area contributed by atoms with Crippen LogP contribution in [0.25, 0.3) is 0 Å². The summed E-state index contributed by atoms with van der Waals surface area (Å²) in [6.45, 7) is 2.43. The summed E-state index contributed by atoms with van der Waals surface area (Å²) in [5.41, 5.74) is 0. The summed E-state index contributed by atoms with van der Waals surface area (Å²) < 4.78 is 0. The maximum Gasteiger partial charge on any atom is -0.0383 e. The Bertz CT molecular complexity index is 110. The second-order valence-corrected chi connectivity index (χ2v) is 4.72. The first kappa shape index (κ1) is 7.64. The SMILES string of the molecule is CC1CCCC2CC2CCC1. The highest BCUT2D eigenvalue weighted by molar-refractivity contribution is 4.86. The fourth-order valence-corrected chi connectivity index (χ4v) is 2.62. The molecule has 2 atom stereocenters. The summed E-state index contributed by atoms with van der Waals surface area (Å²) in [6, 6.07) is 0. The van der Waals surface area contributed by atoms with Gasteiger partial charge in [0, 0.05) is 0 Å². The molecule has 0 aromatic heterocycles. The Morgan fingerprint density at radius 2 is 1.36 bits per heavy atom. The van der Waals surface area contributed by atoms with Gasteiger partial charge in [-0.05, 0) is 24.2 Å². The molecule has 0 heteroatoms. The van der Waals surface area contributed by atoms with Gasteiger partial charge in [-0.2, -0.15) is 0 Å². The van der Waals surface area contributed by atoms with Crippen LogP contribution in [0.5, 0.6) is 0 Å². The molecule has 2 saturated carbocycles. The Labute approximate surface area is 70.4 Å². The van der Waals surface area contributed by atoms with Crippen LogP contribution in [0.1, 0.15) is 51.9 Å². The molecule has 0 aromatic rings. The molecular weight excluding hydrogens is 132 g/mol. The highest BCUT2D eigenvalue weighted by atomic mass is 14.4. The van der Waals surface area contributed by atoms with Gasteiger partial charge in [0.25, 0.3) is 0 Å². The van der Waals surface area contributed by atoms with Gasteiger partial charge in [0.1, 0.15) is 0 Å². The standard InChI is InChI=1S/C11H20/c1-9-4-2-6-10-8-11(10)7-3-5-9/h9-11H,2-8H2,1H3. The van der Waals surface area contributed by atoms with Crippen LogP contribution >= 0.6 is 0 Å². The maximum atomic E-state index is 2.43. The predicted molar refractivity (Wildman–Crippen MR) is 48.5 cm³/mol. The molecule has 0 aliphatic heterocycles. The summed E-state index contributed by atoms with van der Waals surface area (Å²) in [7, 11) is 0. The van der Waals surface area contributed by atoms with Gasteiger partial charge in [0.05, 0.1) is 0 Å². The van der Waals surface area contributed by atoms with Crippen LogP contribution in [0.2, 0.25) is 0 Å². The van der Waals surface area contributed by atoms with E-state index in [2.05, 4.69) is 6.92 Å². The first-order valence-corrected chi connectivity index (χ1v) is 5.36. The average molecular weight is 152 g/mol. The van der Waals surface area contributed by atoms with Crippen LogP contribution in [0, 0.1) is 17.8 Å². The van der Waals surface area contributed by atoms with Crippen LogP contribution in [0.3, 0.4) is 0 Å². The van der Waals surface area contributed by atoms with Crippen molar-refractivity contribution in [2.45, 2.75) is 51.9 Å². The smallest absolute Gasteiger partial charge is 0.0383 e. The minimum absolute atomic E-state index is 1.02. The van der Waals surface area contributed by atoms with Crippen molar-refractivity contribution < 1.29 is 0 Å². The Kier molecular flexibility index (Phi) is 2.20. The zero-order valence-electron chi connectivity index (χ0n) is 7.68. The van der Waals surface area contributed by atoms with E-state index in [-0.39, 0.29) is 0 Å². The fourth-order valence-electron chi connectivity index (χ4n) is 2.62. The number of hydrogen-bond acceptors (Lipinski definition) is 0. The minimum Gasteiger partial charge on any atom is -0.0625 e. The molecule has 0 N–H and O–H groups in total. The topological polar surface area (TPSA) is 0 Å². The van der Waals surface area contributed by atoms with Crippen LogP contribution in [-0.2, 0) is 0 Å². The lowest BCUT2D eigenvalue weighted by Crippen LogP contribution is -1.93. The lowest BCUT2D eigenvalue weighted by Gasteiger charge is -2.08. The first-order valence-electron chi connectivity index (χ1n) is 5.36. The van der Waals surface area contributed by atoms with Crippen molar-refractivity contribution in [2.24, 2.45) is 17.8 Å². The van der Waals surface area contributed by atoms with Gasteiger partial charge in [0.15, 0.2) is 0 Å². The van der Waals surface area contributed by atoms with E-state index in [4.69, 9.17) is 0 Å². The van der Waals surface area contributed by atoms with Crippen molar-refractivity contribution >= 4 is 0 Å². The molecule has 0 amide bonds. The van der Waals surface area contributed by atoms with E-state index in [9.17, 15) is 0 Å². The number of hydrogen-bond donors (Lipinski definition) is 0.